The molecule has 1 unspecified atom stereocenters. The number of halogens is 3. The summed E-state index contributed by atoms with van der Waals surface area (Å²) in [6.45, 7) is 2.79. The highest BCUT2D eigenvalue weighted by Crippen LogP contribution is 2.40. The van der Waals surface area contributed by atoms with Crippen molar-refractivity contribution in [2.45, 2.75) is 37.4 Å². The van der Waals surface area contributed by atoms with Gasteiger partial charge >= 0.3 is 6.18 Å². The van der Waals surface area contributed by atoms with E-state index >= 15 is 0 Å². The van der Waals surface area contributed by atoms with Gasteiger partial charge in [-0.3, -0.25) is 15.3 Å². The lowest BCUT2D eigenvalue weighted by Gasteiger charge is -2.35. The van der Waals surface area contributed by atoms with Gasteiger partial charge in [0.25, 0.3) is 0 Å². The number of piperazine rings is 1. The maximum Gasteiger partial charge on any atom is 0.406 e. The van der Waals surface area contributed by atoms with Crippen LogP contribution in [0.4, 0.5) is 24.9 Å². The summed E-state index contributed by atoms with van der Waals surface area (Å²) < 4.78 is 48.1. The molecular formula is C21H27F3N10O. The van der Waals surface area contributed by atoms with Gasteiger partial charge in [0, 0.05) is 50.7 Å². The van der Waals surface area contributed by atoms with Gasteiger partial charge in [-0.05, 0) is 12.8 Å². The van der Waals surface area contributed by atoms with Crippen molar-refractivity contribution < 1.29 is 17.9 Å². The fraction of sp³-hybridized carbons (Fsp3) is 0.619. The summed E-state index contributed by atoms with van der Waals surface area (Å²) in [7, 11) is 0. The molecule has 1 saturated carbocycles. The highest BCUT2D eigenvalue weighted by molar-refractivity contribution is 6.09. The second-order valence-electron chi connectivity index (χ2n) is 9.37. The van der Waals surface area contributed by atoms with E-state index in [1.807, 2.05) is 9.80 Å². The average Bonchev–Trinajstić information content (AvgIpc) is 3.49. The molecule has 1 atom stereocenters. The Morgan fingerprint density at radius 3 is 2.60 bits per heavy atom. The van der Waals surface area contributed by atoms with Crippen molar-refractivity contribution in [3.63, 3.8) is 0 Å². The van der Waals surface area contributed by atoms with E-state index in [0.29, 0.717) is 62.8 Å². The number of allylic oxidation sites excluding steroid dienone is 1. The molecule has 5 heterocycles. The van der Waals surface area contributed by atoms with Crippen molar-refractivity contribution in [1.29, 1.82) is 0 Å². The summed E-state index contributed by atoms with van der Waals surface area (Å²) in [5, 5.41) is 6.39. The average molecular weight is 493 g/mol. The minimum atomic E-state index is -4.45. The normalized spacial score (nSPS) is 24.1. The zero-order chi connectivity index (χ0) is 24.2. The molecule has 3 fully saturated rings. The standard InChI is InChI=1S/C21H27F3N10O/c22-21(23,24)12-34-17-14(29-19(34)33-4-3-28-20(11-33)1-2-20)16(32-5-7-35-8-6-32)30-15(31-17)13-9-26-18(25)27-10-13/h9-10,18,26,28H,1-8,11-12,25H2. The van der Waals surface area contributed by atoms with E-state index in [1.54, 1.807) is 6.20 Å². The zero-order valence-corrected chi connectivity index (χ0v) is 19.1. The largest absolute Gasteiger partial charge is 0.406 e. The third-order valence-corrected chi connectivity index (χ3v) is 6.76. The molecule has 0 aromatic carbocycles. The lowest BCUT2D eigenvalue weighted by molar-refractivity contribution is -0.139. The van der Waals surface area contributed by atoms with Crippen LogP contribution in [0.2, 0.25) is 0 Å². The lowest BCUT2D eigenvalue weighted by Crippen LogP contribution is -2.53. The number of fused-ring (bicyclic) bond motifs is 1. The van der Waals surface area contributed by atoms with Gasteiger partial charge in [-0.1, -0.05) is 0 Å². The van der Waals surface area contributed by atoms with Gasteiger partial charge in [-0.25, -0.2) is 15.0 Å². The first-order valence-corrected chi connectivity index (χ1v) is 11.7. The van der Waals surface area contributed by atoms with Crippen LogP contribution < -0.4 is 26.2 Å². The molecule has 35 heavy (non-hydrogen) atoms. The molecule has 4 N–H and O–H groups in total. The van der Waals surface area contributed by atoms with Crippen LogP contribution in [0.25, 0.3) is 16.7 Å². The van der Waals surface area contributed by atoms with Gasteiger partial charge in [-0.2, -0.15) is 13.2 Å². The maximum atomic E-state index is 13.8. The topological polar surface area (TPSA) is 122 Å². The molecule has 2 saturated heterocycles. The number of rotatable bonds is 4. The Morgan fingerprint density at radius 2 is 1.91 bits per heavy atom. The highest BCUT2D eigenvalue weighted by Gasteiger charge is 2.47. The number of alkyl halides is 3. The van der Waals surface area contributed by atoms with Crippen LogP contribution in [0.1, 0.15) is 18.7 Å². The summed E-state index contributed by atoms with van der Waals surface area (Å²) in [6.07, 6.45) is 0.136. The van der Waals surface area contributed by atoms with E-state index in [9.17, 15) is 13.2 Å². The van der Waals surface area contributed by atoms with Crippen LogP contribution >= 0.6 is 0 Å². The van der Waals surface area contributed by atoms with E-state index < -0.39 is 19.0 Å². The lowest BCUT2D eigenvalue weighted by atomic mass is 10.2. The summed E-state index contributed by atoms with van der Waals surface area (Å²) >= 11 is 0. The summed E-state index contributed by atoms with van der Waals surface area (Å²) in [5.41, 5.74) is 6.76. The molecule has 3 aliphatic heterocycles. The van der Waals surface area contributed by atoms with Gasteiger partial charge in [-0.15, -0.1) is 0 Å². The van der Waals surface area contributed by atoms with Crippen LogP contribution in [-0.2, 0) is 11.3 Å². The SMILES string of the molecule is NC1N=CC(c2nc(N3CCOCC3)c3nc(N4CCNC5(CC5)C4)n(CC(F)(F)F)c3n2)=CN1. The molecule has 0 radical (unpaired) electrons. The number of nitrogens with two attached hydrogens (primary N) is 1. The molecule has 0 bridgehead atoms. The third kappa shape index (κ3) is 4.41. The van der Waals surface area contributed by atoms with Crippen LogP contribution in [0.15, 0.2) is 11.2 Å². The van der Waals surface area contributed by atoms with Crippen molar-refractivity contribution in [1.82, 2.24) is 30.2 Å². The number of hydrogen-bond acceptors (Lipinski definition) is 10. The van der Waals surface area contributed by atoms with E-state index in [-0.39, 0.29) is 23.0 Å². The Labute approximate surface area is 199 Å². The fourth-order valence-electron chi connectivity index (χ4n) is 4.82. The summed E-state index contributed by atoms with van der Waals surface area (Å²) in [5.74, 6) is 1.03. The fourth-order valence-corrected chi connectivity index (χ4v) is 4.82. The smallest absolute Gasteiger partial charge is 0.378 e. The quantitative estimate of drug-likeness (QED) is 0.558. The number of imidazole rings is 1. The van der Waals surface area contributed by atoms with Crippen molar-refractivity contribution in [3.05, 3.63) is 12.0 Å². The first-order chi connectivity index (χ1) is 16.8. The van der Waals surface area contributed by atoms with Crippen molar-refractivity contribution in [2.75, 3.05) is 55.7 Å². The van der Waals surface area contributed by atoms with E-state index in [2.05, 4.69) is 20.6 Å². The van der Waals surface area contributed by atoms with Crippen LogP contribution in [0.5, 0.6) is 0 Å². The number of anilines is 2. The van der Waals surface area contributed by atoms with Crippen LogP contribution in [-0.4, -0.2) is 89.7 Å². The Balaban J connectivity index is 1.52. The molecule has 2 aromatic heterocycles. The molecule has 2 aromatic rings. The molecule has 6 rings (SSSR count). The molecule has 1 aliphatic carbocycles. The Kier molecular flexibility index (Phi) is 5.34. The molecular weight excluding hydrogens is 465 g/mol. The minimum absolute atomic E-state index is 0.0306. The summed E-state index contributed by atoms with van der Waals surface area (Å²) in [6, 6.07) is 0. The second-order valence-corrected chi connectivity index (χ2v) is 9.37. The number of aromatic nitrogens is 4. The Morgan fingerprint density at radius 1 is 1.11 bits per heavy atom. The molecule has 14 heteroatoms. The van der Waals surface area contributed by atoms with E-state index in [1.165, 1.54) is 10.8 Å². The Bertz CT molecular complexity index is 1180. The van der Waals surface area contributed by atoms with E-state index in [4.69, 9.17) is 20.4 Å². The van der Waals surface area contributed by atoms with Crippen LogP contribution in [0.3, 0.4) is 0 Å². The van der Waals surface area contributed by atoms with E-state index in [0.717, 1.165) is 12.8 Å². The number of morpholine rings is 1. The molecule has 4 aliphatic rings. The third-order valence-electron chi connectivity index (χ3n) is 6.76. The molecule has 188 valence electrons. The van der Waals surface area contributed by atoms with Gasteiger partial charge in [0.15, 0.2) is 29.1 Å². The zero-order valence-electron chi connectivity index (χ0n) is 19.1. The number of nitrogens with one attached hydrogen (secondary N) is 2. The minimum Gasteiger partial charge on any atom is -0.378 e. The highest BCUT2D eigenvalue weighted by atomic mass is 19.4. The number of nitrogens with zero attached hydrogens (tertiary/aromatic N) is 7. The predicted molar refractivity (Wildman–Crippen MR) is 124 cm³/mol. The van der Waals surface area contributed by atoms with Gasteiger partial charge in [0.1, 0.15) is 6.54 Å². The monoisotopic (exact) mass is 492 g/mol. The van der Waals surface area contributed by atoms with Gasteiger partial charge in [0.2, 0.25) is 5.95 Å². The van der Waals surface area contributed by atoms with Crippen molar-refractivity contribution in [3.8, 4) is 0 Å². The number of aliphatic imine (C=N–C) groups is 1. The number of ether oxygens (including phenoxy) is 1. The van der Waals surface area contributed by atoms with Crippen LogP contribution in [0, 0.1) is 0 Å². The maximum absolute atomic E-state index is 13.8. The number of hydrogen-bond donors (Lipinski definition) is 3. The predicted octanol–water partition coefficient (Wildman–Crippen LogP) is 0.425. The molecule has 11 nitrogen and oxygen atoms in total. The van der Waals surface area contributed by atoms with Crippen molar-refractivity contribution >= 4 is 34.7 Å². The molecule has 1 spiro atoms. The van der Waals surface area contributed by atoms with Gasteiger partial charge in [0.05, 0.1) is 18.8 Å². The Hall–Kier alpha value is -2.97. The first kappa shape index (κ1) is 22.5. The van der Waals surface area contributed by atoms with Crippen molar-refractivity contribution in [2.24, 2.45) is 10.7 Å². The molecule has 0 amide bonds. The summed E-state index contributed by atoms with van der Waals surface area (Å²) in [4.78, 5) is 22.1. The van der Waals surface area contributed by atoms with Gasteiger partial charge < -0.3 is 25.2 Å². The second kappa shape index (κ2) is 8.31. The first-order valence-electron chi connectivity index (χ1n) is 11.7.